The van der Waals surface area contributed by atoms with Gasteiger partial charge in [0.05, 0.1) is 43.1 Å². The molecule has 0 aromatic heterocycles. The second kappa shape index (κ2) is 12.3. The second-order valence-electron chi connectivity index (χ2n) is 6.20. The molecule has 0 radical (unpaired) electrons. The van der Waals surface area contributed by atoms with Crippen molar-refractivity contribution < 1.29 is 28.9 Å². The highest BCUT2D eigenvalue weighted by Crippen LogP contribution is 2.20. The number of ketones is 2. The molecule has 1 atom stereocenters. The van der Waals surface area contributed by atoms with Crippen molar-refractivity contribution in [2.24, 2.45) is 0 Å². The first-order valence-electron chi connectivity index (χ1n) is 8.33. The lowest BCUT2D eigenvalue weighted by atomic mass is 9.95. The van der Waals surface area contributed by atoms with Crippen LogP contribution in [0.2, 0.25) is 0 Å². The van der Waals surface area contributed by atoms with Crippen molar-refractivity contribution in [3.63, 3.8) is 0 Å². The van der Waals surface area contributed by atoms with Crippen LogP contribution in [-0.4, -0.2) is 65.3 Å². The Morgan fingerprint density at radius 1 is 0.917 bits per heavy atom. The average Bonchev–Trinajstić information content (AvgIpc) is 2.53. The van der Waals surface area contributed by atoms with Gasteiger partial charge in [-0.15, -0.1) is 0 Å². The number of halogens is 1. The maximum absolute atomic E-state index is 12.2. The minimum Gasteiger partial charge on any atom is -0.394 e. The third kappa shape index (κ3) is 10.0. The lowest BCUT2D eigenvalue weighted by Crippen LogP contribution is -2.39. The molecule has 0 aliphatic carbocycles. The molecule has 0 saturated heterocycles. The fourth-order valence-electron chi connectivity index (χ4n) is 1.87. The van der Waals surface area contributed by atoms with Gasteiger partial charge >= 0.3 is 0 Å². The number of alkyl halides is 1. The van der Waals surface area contributed by atoms with Crippen molar-refractivity contribution in [1.29, 1.82) is 0 Å². The van der Waals surface area contributed by atoms with E-state index in [1.807, 2.05) is 20.8 Å². The van der Waals surface area contributed by atoms with E-state index >= 15 is 0 Å². The van der Waals surface area contributed by atoms with Crippen molar-refractivity contribution in [2.45, 2.75) is 56.0 Å². The molecule has 0 rings (SSSR count). The molecule has 0 aliphatic heterocycles. The highest BCUT2D eigenvalue weighted by atomic mass is 127. The Hall–Kier alpha value is -0.0900. The van der Waals surface area contributed by atoms with Crippen LogP contribution in [-0.2, 0) is 23.8 Å². The van der Waals surface area contributed by atoms with Gasteiger partial charge in [0.2, 0.25) is 0 Å². The summed E-state index contributed by atoms with van der Waals surface area (Å²) in [6.45, 7) is 8.89. The van der Waals surface area contributed by atoms with Crippen LogP contribution in [0.1, 0.15) is 47.0 Å². The Balaban J connectivity index is 3.99. The summed E-state index contributed by atoms with van der Waals surface area (Å²) in [4.78, 5) is 24.0. The Kier molecular flexibility index (Phi) is 12.2. The molecule has 6 nitrogen and oxygen atoms in total. The molecule has 7 heteroatoms. The van der Waals surface area contributed by atoms with Crippen LogP contribution >= 0.6 is 22.6 Å². The fraction of sp³-hybridized carbons (Fsp3) is 0.882. The second-order valence-corrected chi connectivity index (χ2v) is 8.90. The van der Waals surface area contributed by atoms with Crippen LogP contribution in [0, 0.1) is 0 Å². The number of carbonyl (C=O) groups excluding carboxylic acids is 2. The van der Waals surface area contributed by atoms with E-state index in [0.717, 1.165) is 0 Å². The van der Waals surface area contributed by atoms with E-state index in [1.54, 1.807) is 6.92 Å². The highest BCUT2D eigenvalue weighted by Gasteiger charge is 2.31. The predicted molar refractivity (Wildman–Crippen MR) is 101 cm³/mol. The lowest BCUT2D eigenvalue weighted by Gasteiger charge is -2.27. The average molecular weight is 458 g/mol. The third-order valence-corrected chi connectivity index (χ3v) is 4.36. The molecule has 1 N–H and O–H groups in total. The summed E-state index contributed by atoms with van der Waals surface area (Å²) in [6, 6.07) is 0. The third-order valence-electron chi connectivity index (χ3n) is 3.76. The van der Waals surface area contributed by atoms with E-state index in [-0.39, 0.29) is 41.2 Å². The maximum atomic E-state index is 12.2. The van der Waals surface area contributed by atoms with Gasteiger partial charge in [-0.2, -0.15) is 0 Å². The van der Waals surface area contributed by atoms with Gasteiger partial charge in [0.15, 0.2) is 5.78 Å². The Labute approximate surface area is 158 Å². The van der Waals surface area contributed by atoms with Crippen LogP contribution < -0.4 is 0 Å². The summed E-state index contributed by atoms with van der Waals surface area (Å²) in [5, 5.41) is 8.63. The number of aliphatic hydroxyl groups excluding tert-OH is 1. The summed E-state index contributed by atoms with van der Waals surface area (Å²) in [7, 11) is 0. The summed E-state index contributed by atoms with van der Waals surface area (Å²) >= 11 is 2.12. The number of hydrogen-bond donors (Lipinski definition) is 1. The number of carbonyl (C=O) groups is 2. The highest BCUT2D eigenvalue weighted by molar-refractivity contribution is 14.1. The number of aliphatic hydroxyl groups is 1. The van der Waals surface area contributed by atoms with E-state index in [4.69, 9.17) is 19.3 Å². The molecule has 0 bridgehead atoms. The summed E-state index contributed by atoms with van der Waals surface area (Å²) in [5.74, 6) is 0.130. The first-order valence-corrected chi connectivity index (χ1v) is 9.41. The monoisotopic (exact) mass is 458 g/mol. The number of Topliss-reactive ketones (excluding diaryl/α,β-unsaturated/α-hetero) is 2. The van der Waals surface area contributed by atoms with Gasteiger partial charge in [-0.25, -0.2) is 0 Å². The maximum Gasteiger partial charge on any atom is 0.166 e. The molecule has 142 valence electrons. The first-order chi connectivity index (χ1) is 11.2. The summed E-state index contributed by atoms with van der Waals surface area (Å²) in [5.41, 5.74) is -0.855. The lowest BCUT2D eigenvalue weighted by molar-refractivity contribution is -0.146. The van der Waals surface area contributed by atoms with Gasteiger partial charge in [0.25, 0.3) is 0 Å². The quantitative estimate of drug-likeness (QED) is 0.231. The molecule has 0 amide bonds. The van der Waals surface area contributed by atoms with E-state index in [0.29, 0.717) is 32.7 Å². The van der Waals surface area contributed by atoms with E-state index in [9.17, 15) is 9.59 Å². The number of rotatable bonds is 15. The zero-order chi connectivity index (χ0) is 18.6. The van der Waals surface area contributed by atoms with Gasteiger partial charge in [-0.1, -0.05) is 29.5 Å². The molecule has 0 aromatic carbocycles. The molecule has 1 unspecified atom stereocenters. The molecule has 0 aromatic rings. The Bertz CT molecular complexity index is 380. The predicted octanol–water partition coefficient (Wildman–Crippen LogP) is 2.33. The van der Waals surface area contributed by atoms with Crippen molar-refractivity contribution in [2.75, 3.05) is 39.6 Å². The minimum absolute atomic E-state index is 0.0234. The molecule has 0 heterocycles. The van der Waals surface area contributed by atoms with Crippen LogP contribution in [0.3, 0.4) is 0 Å². The summed E-state index contributed by atoms with van der Waals surface area (Å²) in [6.07, 6.45) is 1.19. The van der Waals surface area contributed by atoms with Crippen molar-refractivity contribution >= 4 is 34.2 Å². The van der Waals surface area contributed by atoms with E-state index < -0.39 is 5.60 Å². The smallest absolute Gasteiger partial charge is 0.166 e. The first kappa shape index (κ1) is 23.9. The van der Waals surface area contributed by atoms with Crippen molar-refractivity contribution in [3.05, 3.63) is 0 Å². The minimum atomic E-state index is -0.855. The largest absolute Gasteiger partial charge is 0.394 e. The molecular weight excluding hydrogens is 427 g/mol. The number of hydrogen-bond acceptors (Lipinski definition) is 6. The van der Waals surface area contributed by atoms with Crippen molar-refractivity contribution in [1.82, 2.24) is 0 Å². The molecule has 0 fully saturated rings. The van der Waals surface area contributed by atoms with Crippen LogP contribution in [0.5, 0.6) is 0 Å². The normalized spacial score (nSPS) is 14.4. The molecule has 0 saturated carbocycles. The van der Waals surface area contributed by atoms with Crippen molar-refractivity contribution in [3.8, 4) is 0 Å². The van der Waals surface area contributed by atoms with Gasteiger partial charge < -0.3 is 19.3 Å². The van der Waals surface area contributed by atoms with E-state index in [1.165, 1.54) is 0 Å². The van der Waals surface area contributed by atoms with Gasteiger partial charge in [-0.05, 0) is 27.2 Å². The Morgan fingerprint density at radius 3 is 1.96 bits per heavy atom. The van der Waals surface area contributed by atoms with Crippen LogP contribution in [0.15, 0.2) is 0 Å². The van der Waals surface area contributed by atoms with Gasteiger partial charge in [0.1, 0.15) is 11.4 Å². The number of ether oxygens (including phenoxy) is 3. The van der Waals surface area contributed by atoms with Crippen LogP contribution in [0.25, 0.3) is 0 Å². The SMILES string of the molecule is CCC(C)(OCCOCCC(=O)C(C)(C)I)C(=O)CCOCCO. The molecule has 24 heavy (non-hydrogen) atoms. The molecular formula is C17H31IO6. The van der Waals surface area contributed by atoms with Gasteiger partial charge in [0, 0.05) is 12.8 Å². The Morgan fingerprint density at radius 2 is 1.46 bits per heavy atom. The molecule has 0 spiro atoms. The topological polar surface area (TPSA) is 82.1 Å². The van der Waals surface area contributed by atoms with Gasteiger partial charge in [-0.3, -0.25) is 9.59 Å². The summed E-state index contributed by atoms with van der Waals surface area (Å²) < 4.78 is 15.9. The van der Waals surface area contributed by atoms with Crippen LogP contribution in [0.4, 0.5) is 0 Å². The standard InChI is InChI=1S/C17H31IO6/c1-5-17(4,15(21)7-10-22-11-8-19)24-13-12-23-9-6-14(20)16(2,3)18/h19H,5-13H2,1-4H3. The van der Waals surface area contributed by atoms with E-state index in [2.05, 4.69) is 22.6 Å². The fourth-order valence-corrected chi connectivity index (χ4v) is 2.14. The molecule has 0 aliphatic rings. The zero-order valence-electron chi connectivity index (χ0n) is 15.2. The zero-order valence-corrected chi connectivity index (χ0v) is 17.4.